The van der Waals surface area contributed by atoms with Crippen LogP contribution in [-0.2, 0) is 10.0 Å². The first-order valence-corrected chi connectivity index (χ1v) is 11.2. The van der Waals surface area contributed by atoms with Crippen molar-refractivity contribution in [1.82, 2.24) is 4.72 Å². The Bertz CT molecular complexity index is 910. The third-order valence-corrected chi connectivity index (χ3v) is 7.43. The van der Waals surface area contributed by atoms with Gasteiger partial charge in [0.05, 0.1) is 10.9 Å². The van der Waals surface area contributed by atoms with Crippen LogP contribution in [0.2, 0.25) is 0 Å². The Labute approximate surface area is 161 Å². The van der Waals surface area contributed by atoms with Crippen LogP contribution in [0.3, 0.4) is 0 Å². The number of benzene rings is 2. The van der Waals surface area contributed by atoms with Gasteiger partial charge in [0.25, 0.3) is 10.0 Å². The molecule has 2 fully saturated rings. The van der Waals surface area contributed by atoms with Gasteiger partial charge in [-0.2, -0.15) is 0 Å². The molecule has 4 atom stereocenters. The van der Waals surface area contributed by atoms with Gasteiger partial charge in [-0.1, -0.05) is 55.0 Å². The molecular weight excluding hydrogens is 356 g/mol. The summed E-state index contributed by atoms with van der Waals surface area (Å²) in [5.41, 5.74) is 0.798. The van der Waals surface area contributed by atoms with E-state index in [2.05, 4.69) is 11.6 Å². The summed E-state index contributed by atoms with van der Waals surface area (Å²) in [6.07, 6.45) is 5.19. The zero-order valence-electron chi connectivity index (χ0n) is 15.6. The second kappa shape index (κ2) is 7.47. The van der Waals surface area contributed by atoms with Gasteiger partial charge in [0, 0.05) is 5.56 Å². The minimum absolute atomic E-state index is 0.106. The molecule has 27 heavy (non-hydrogen) atoms. The normalized spacial score (nSPS) is 26.1. The molecule has 0 amide bonds. The molecule has 2 bridgehead atoms. The predicted octanol–water partition coefficient (Wildman–Crippen LogP) is 4.24. The van der Waals surface area contributed by atoms with E-state index in [1.54, 1.807) is 24.3 Å². The van der Waals surface area contributed by atoms with E-state index in [0.29, 0.717) is 11.8 Å². The first-order valence-electron chi connectivity index (χ1n) is 9.74. The van der Waals surface area contributed by atoms with Crippen LogP contribution in [0.25, 0.3) is 0 Å². The average Bonchev–Trinajstić information content (AvgIpc) is 3.32. The van der Waals surface area contributed by atoms with Crippen molar-refractivity contribution in [3.05, 3.63) is 66.2 Å². The van der Waals surface area contributed by atoms with E-state index in [9.17, 15) is 8.42 Å². The maximum absolute atomic E-state index is 12.9. The summed E-state index contributed by atoms with van der Waals surface area (Å²) >= 11 is 0. The van der Waals surface area contributed by atoms with Crippen LogP contribution in [-0.4, -0.2) is 20.3 Å². The molecule has 2 aromatic carbocycles. The fraction of sp³-hybridized carbons (Fsp3) is 0.409. The minimum Gasteiger partial charge on any atom is -0.264 e. The van der Waals surface area contributed by atoms with Crippen molar-refractivity contribution >= 4 is 15.9 Å². The second-order valence-corrected chi connectivity index (χ2v) is 9.52. The zero-order valence-corrected chi connectivity index (χ0v) is 16.4. The van der Waals surface area contributed by atoms with E-state index in [1.807, 2.05) is 36.4 Å². The third kappa shape index (κ3) is 3.93. The number of amidine groups is 1. The highest BCUT2D eigenvalue weighted by atomic mass is 32.2. The summed E-state index contributed by atoms with van der Waals surface area (Å²) in [4.78, 5) is 5.14. The maximum atomic E-state index is 12.9. The molecule has 0 heterocycles. The van der Waals surface area contributed by atoms with Crippen LogP contribution >= 0.6 is 0 Å². The van der Waals surface area contributed by atoms with Gasteiger partial charge in [-0.15, -0.1) is 0 Å². The maximum Gasteiger partial charge on any atom is 0.263 e. The van der Waals surface area contributed by atoms with Crippen LogP contribution in [0.4, 0.5) is 0 Å². The molecule has 5 heteroatoms. The highest BCUT2D eigenvalue weighted by molar-refractivity contribution is 7.90. The Hall–Kier alpha value is -2.14. The van der Waals surface area contributed by atoms with Crippen molar-refractivity contribution in [3.63, 3.8) is 0 Å². The Morgan fingerprint density at radius 2 is 1.67 bits per heavy atom. The van der Waals surface area contributed by atoms with E-state index >= 15 is 0 Å². The quantitative estimate of drug-likeness (QED) is 0.621. The molecule has 4 nitrogen and oxygen atoms in total. The molecule has 0 unspecified atom stereocenters. The number of nitrogens with zero attached hydrogens (tertiary/aromatic N) is 1. The van der Waals surface area contributed by atoms with E-state index in [1.165, 1.54) is 25.7 Å². The molecule has 0 saturated heterocycles. The summed E-state index contributed by atoms with van der Waals surface area (Å²) in [6, 6.07) is 18.1. The van der Waals surface area contributed by atoms with Gasteiger partial charge in [-0.05, 0) is 56.1 Å². The molecule has 2 saturated carbocycles. The van der Waals surface area contributed by atoms with Gasteiger partial charge in [-0.25, -0.2) is 8.42 Å². The molecule has 1 N–H and O–H groups in total. The lowest BCUT2D eigenvalue weighted by atomic mass is 9.84. The smallest absolute Gasteiger partial charge is 0.263 e. The number of hydrogen-bond donors (Lipinski definition) is 1. The van der Waals surface area contributed by atoms with Crippen molar-refractivity contribution < 1.29 is 8.42 Å². The molecular formula is C22H26N2O2S. The number of hydrogen-bond acceptors (Lipinski definition) is 3. The summed E-state index contributed by atoms with van der Waals surface area (Å²) < 4.78 is 28.5. The molecule has 2 aliphatic rings. The highest BCUT2D eigenvalue weighted by Gasteiger charge is 2.42. The fourth-order valence-corrected chi connectivity index (χ4v) is 5.78. The van der Waals surface area contributed by atoms with E-state index < -0.39 is 10.0 Å². The van der Waals surface area contributed by atoms with E-state index in [-0.39, 0.29) is 10.9 Å². The minimum atomic E-state index is -3.67. The second-order valence-electron chi connectivity index (χ2n) is 7.84. The number of rotatable bonds is 5. The van der Waals surface area contributed by atoms with Crippen LogP contribution < -0.4 is 4.72 Å². The third-order valence-electron chi connectivity index (χ3n) is 6.08. The molecule has 0 spiro atoms. The van der Waals surface area contributed by atoms with Gasteiger partial charge in [0.2, 0.25) is 0 Å². The number of nitrogens with one attached hydrogen (secondary N) is 1. The SMILES string of the molecule is C[C@@H](N=C(NS(=O)(=O)c1ccccc1)c1ccccc1)[C@H]1C[C@@H]2CC[C@@H]1C2. The predicted molar refractivity (Wildman–Crippen MR) is 108 cm³/mol. The van der Waals surface area contributed by atoms with E-state index in [0.717, 1.165) is 17.4 Å². The Balaban J connectivity index is 1.63. The summed E-state index contributed by atoms with van der Waals surface area (Å²) in [5.74, 6) is 2.59. The Morgan fingerprint density at radius 1 is 1.00 bits per heavy atom. The topological polar surface area (TPSA) is 58.5 Å². The van der Waals surface area contributed by atoms with Crippen molar-refractivity contribution in [2.75, 3.05) is 0 Å². The number of fused-ring (bicyclic) bond motifs is 2. The van der Waals surface area contributed by atoms with Crippen molar-refractivity contribution in [3.8, 4) is 0 Å². The van der Waals surface area contributed by atoms with Crippen molar-refractivity contribution in [2.45, 2.75) is 43.5 Å². The molecule has 0 aromatic heterocycles. The monoisotopic (exact) mass is 382 g/mol. The lowest BCUT2D eigenvalue weighted by molar-refractivity contribution is 0.294. The number of aliphatic imine (C=N–C) groups is 1. The molecule has 4 rings (SSSR count). The van der Waals surface area contributed by atoms with Crippen LogP contribution in [0.15, 0.2) is 70.6 Å². The van der Waals surface area contributed by atoms with Gasteiger partial charge in [0.1, 0.15) is 5.84 Å². The standard InChI is InChI=1S/C22H26N2O2S/c1-16(21-15-17-12-13-19(21)14-17)23-22(18-8-4-2-5-9-18)24-27(25,26)20-10-6-3-7-11-20/h2-11,16-17,19,21H,12-15H2,1H3,(H,23,24)/t16-,17-,19-,21-/m1/s1. The largest absolute Gasteiger partial charge is 0.264 e. The summed E-state index contributed by atoms with van der Waals surface area (Å²) in [6.45, 7) is 2.13. The molecule has 2 aromatic rings. The lowest BCUT2D eigenvalue weighted by Gasteiger charge is -2.26. The molecule has 142 valence electrons. The summed E-state index contributed by atoms with van der Waals surface area (Å²) in [5, 5.41) is 0. The first-order chi connectivity index (χ1) is 13.0. The average molecular weight is 383 g/mol. The summed E-state index contributed by atoms with van der Waals surface area (Å²) in [7, 11) is -3.67. The first kappa shape index (κ1) is 18.2. The van der Waals surface area contributed by atoms with Gasteiger partial charge in [-0.3, -0.25) is 9.71 Å². The van der Waals surface area contributed by atoms with Gasteiger partial charge >= 0.3 is 0 Å². The van der Waals surface area contributed by atoms with Gasteiger partial charge in [0.15, 0.2) is 0 Å². The Kier molecular flexibility index (Phi) is 5.04. The molecule has 2 aliphatic carbocycles. The lowest BCUT2D eigenvalue weighted by Crippen LogP contribution is -2.34. The molecule has 0 radical (unpaired) electrons. The van der Waals surface area contributed by atoms with Crippen LogP contribution in [0.5, 0.6) is 0 Å². The van der Waals surface area contributed by atoms with Gasteiger partial charge < -0.3 is 0 Å². The molecule has 0 aliphatic heterocycles. The van der Waals surface area contributed by atoms with Crippen LogP contribution in [0.1, 0.15) is 38.2 Å². The zero-order chi connectivity index (χ0) is 18.9. The van der Waals surface area contributed by atoms with E-state index in [4.69, 9.17) is 4.99 Å². The highest BCUT2D eigenvalue weighted by Crippen LogP contribution is 2.50. The Morgan fingerprint density at radius 3 is 2.26 bits per heavy atom. The van der Waals surface area contributed by atoms with Crippen LogP contribution in [0, 0.1) is 17.8 Å². The van der Waals surface area contributed by atoms with Crippen molar-refractivity contribution in [1.29, 1.82) is 0 Å². The number of sulfonamides is 1. The fourth-order valence-electron chi connectivity index (χ4n) is 4.73. The van der Waals surface area contributed by atoms with Crippen molar-refractivity contribution in [2.24, 2.45) is 22.7 Å².